The second-order valence-corrected chi connectivity index (χ2v) is 13.7. The molecule has 0 aliphatic heterocycles. The fourth-order valence-corrected chi connectivity index (χ4v) is 7.83. The van der Waals surface area contributed by atoms with Crippen molar-refractivity contribution < 1.29 is 12.3 Å². The molecule has 4 heteroatoms. The van der Waals surface area contributed by atoms with E-state index in [0.29, 0.717) is 39.6 Å². The van der Waals surface area contributed by atoms with Gasteiger partial charge in [0.2, 0.25) is 0 Å². The first-order valence-electron chi connectivity index (χ1n) is 23.0. The zero-order valence-corrected chi connectivity index (χ0v) is 30.2. The van der Waals surface area contributed by atoms with Crippen molar-refractivity contribution in [1.82, 2.24) is 19.5 Å². The molecule has 0 aliphatic rings. The standard InChI is InChI=1S/C53H34N4/c1-3-15-36(16-4-1)42-32-33-46(45-21-10-9-20-44(42)45)53-55-51(54-52(56-53)40-27-26-35-14-7-8-19-39(35)34-40)38-28-30-41(31-29-38)57-48-24-12-11-22-47(48)50-43(23-13-25-49(50)57)37-17-5-2-6-18-37/h1-34H/i2D,5D,6D,11D,12D,17D,18D,22D,24D. The van der Waals surface area contributed by atoms with Gasteiger partial charge in [-0.1, -0.05) is 158 Å². The van der Waals surface area contributed by atoms with Gasteiger partial charge in [-0.25, -0.2) is 15.0 Å². The van der Waals surface area contributed by atoms with Gasteiger partial charge >= 0.3 is 0 Å². The van der Waals surface area contributed by atoms with Crippen LogP contribution >= 0.6 is 0 Å². The van der Waals surface area contributed by atoms with Gasteiger partial charge in [0, 0.05) is 33.2 Å². The van der Waals surface area contributed by atoms with Gasteiger partial charge < -0.3 is 4.57 Å². The number of fused-ring (bicyclic) bond motifs is 5. The minimum Gasteiger partial charge on any atom is -0.309 e. The van der Waals surface area contributed by atoms with Gasteiger partial charge in [0.25, 0.3) is 0 Å². The highest BCUT2D eigenvalue weighted by Crippen LogP contribution is 2.39. The number of hydrogen-bond acceptors (Lipinski definition) is 3. The van der Waals surface area contributed by atoms with Gasteiger partial charge in [0.1, 0.15) is 0 Å². The predicted molar refractivity (Wildman–Crippen MR) is 236 cm³/mol. The molecule has 4 nitrogen and oxygen atoms in total. The number of nitrogens with zero attached hydrogens (tertiary/aromatic N) is 4. The maximum absolute atomic E-state index is 9.16. The van der Waals surface area contributed by atoms with Gasteiger partial charge in [0.05, 0.1) is 23.4 Å². The highest BCUT2D eigenvalue weighted by molar-refractivity contribution is 6.15. The van der Waals surface area contributed by atoms with Crippen molar-refractivity contribution in [2.45, 2.75) is 0 Å². The normalized spacial score (nSPS) is 13.7. The van der Waals surface area contributed by atoms with Gasteiger partial charge in [0.15, 0.2) is 17.5 Å². The van der Waals surface area contributed by atoms with Crippen molar-refractivity contribution in [2.75, 3.05) is 0 Å². The van der Waals surface area contributed by atoms with Crippen LogP contribution in [0.3, 0.4) is 0 Å². The molecule has 0 spiro atoms. The molecule has 266 valence electrons. The summed E-state index contributed by atoms with van der Waals surface area (Å²) in [5.41, 5.74) is 5.86. The number of hydrogen-bond donors (Lipinski definition) is 0. The summed E-state index contributed by atoms with van der Waals surface area (Å²) in [7, 11) is 0. The molecule has 9 aromatic carbocycles. The summed E-state index contributed by atoms with van der Waals surface area (Å²) in [6.07, 6.45) is 0. The van der Waals surface area contributed by atoms with E-state index in [1.54, 1.807) is 22.8 Å². The molecule has 0 fully saturated rings. The topological polar surface area (TPSA) is 43.6 Å². The maximum Gasteiger partial charge on any atom is 0.164 e. The van der Waals surface area contributed by atoms with Crippen LogP contribution in [0.25, 0.3) is 105 Å². The highest BCUT2D eigenvalue weighted by Gasteiger charge is 2.19. The molecule has 0 radical (unpaired) electrons. The largest absolute Gasteiger partial charge is 0.309 e. The first kappa shape index (κ1) is 24.7. The monoisotopic (exact) mass is 735 g/mol. The average Bonchev–Trinajstić information content (AvgIpc) is 3.72. The van der Waals surface area contributed by atoms with E-state index in [1.165, 1.54) is 0 Å². The van der Waals surface area contributed by atoms with E-state index in [-0.39, 0.29) is 34.1 Å². The quantitative estimate of drug-likeness (QED) is 0.171. The van der Waals surface area contributed by atoms with Gasteiger partial charge in [-0.05, 0) is 92.3 Å². The third-order valence-corrected chi connectivity index (χ3v) is 10.5. The summed E-state index contributed by atoms with van der Waals surface area (Å²) >= 11 is 0. The molecule has 0 N–H and O–H groups in total. The molecule has 0 bridgehead atoms. The fraction of sp³-hybridized carbons (Fsp3) is 0. The van der Waals surface area contributed by atoms with Gasteiger partial charge in [-0.3, -0.25) is 0 Å². The second kappa shape index (κ2) is 13.6. The molecule has 11 rings (SSSR count). The maximum atomic E-state index is 9.16. The second-order valence-electron chi connectivity index (χ2n) is 13.7. The van der Waals surface area contributed by atoms with E-state index in [9.17, 15) is 0 Å². The lowest BCUT2D eigenvalue weighted by molar-refractivity contribution is 1.08. The third-order valence-electron chi connectivity index (χ3n) is 10.5. The lowest BCUT2D eigenvalue weighted by Gasteiger charge is -2.14. The first-order chi connectivity index (χ1) is 32.0. The first-order valence-corrected chi connectivity index (χ1v) is 18.5. The number of aromatic nitrogens is 4. The Balaban J connectivity index is 1.12. The van der Waals surface area contributed by atoms with E-state index >= 15 is 0 Å². The molecular weight excluding hydrogens is 693 g/mol. The van der Waals surface area contributed by atoms with Crippen molar-refractivity contribution in [2.24, 2.45) is 0 Å². The van der Waals surface area contributed by atoms with Gasteiger partial charge in [-0.2, -0.15) is 0 Å². The number of benzene rings is 9. The van der Waals surface area contributed by atoms with Crippen LogP contribution in [0.5, 0.6) is 0 Å². The third kappa shape index (κ3) is 5.66. The summed E-state index contributed by atoms with van der Waals surface area (Å²) in [6.45, 7) is 0. The number of para-hydroxylation sites is 1. The van der Waals surface area contributed by atoms with Crippen LogP contribution in [-0.4, -0.2) is 19.5 Å². The Labute approximate surface area is 342 Å². The van der Waals surface area contributed by atoms with Crippen molar-refractivity contribution >= 4 is 43.4 Å². The fourth-order valence-electron chi connectivity index (χ4n) is 7.83. The summed E-state index contributed by atoms with van der Waals surface area (Å²) in [4.78, 5) is 15.3. The summed E-state index contributed by atoms with van der Waals surface area (Å²) in [5, 5.41) is 4.65. The van der Waals surface area contributed by atoms with Crippen LogP contribution in [0.1, 0.15) is 12.3 Å². The molecule has 0 amide bonds. The molecule has 57 heavy (non-hydrogen) atoms. The smallest absolute Gasteiger partial charge is 0.164 e. The van der Waals surface area contributed by atoms with Crippen LogP contribution in [0.4, 0.5) is 0 Å². The van der Waals surface area contributed by atoms with Crippen LogP contribution < -0.4 is 0 Å². The van der Waals surface area contributed by atoms with Crippen molar-refractivity contribution in [3.05, 3.63) is 206 Å². The van der Waals surface area contributed by atoms with Crippen molar-refractivity contribution in [3.63, 3.8) is 0 Å². The lowest BCUT2D eigenvalue weighted by Crippen LogP contribution is -2.01. The van der Waals surface area contributed by atoms with Crippen LogP contribution in [0, 0.1) is 0 Å². The molecule has 0 atom stereocenters. The average molecular weight is 736 g/mol. The minimum atomic E-state index is -0.533. The Morgan fingerprint density at radius 3 is 1.84 bits per heavy atom. The van der Waals surface area contributed by atoms with E-state index in [2.05, 4.69) is 60.7 Å². The molecule has 11 aromatic rings. The Morgan fingerprint density at radius 2 is 1.02 bits per heavy atom. The SMILES string of the molecule is [2H]c1c([2H])c([2H])c(-c2cccc3c2c2c([2H])c([2H])c([2H])c([2H])c2n3-c2ccc(-c3nc(-c4ccc5ccccc5c4)nc(-c4ccc(-c5ccccc5)c5ccccc45)n3)cc2)c([2H])c1[2H]. The Morgan fingerprint density at radius 1 is 0.368 bits per heavy atom. The molecule has 0 saturated carbocycles. The van der Waals surface area contributed by atoms with Crippen molar-refractivity contribution in [3.8, 4) is 62.1 Å². The van der Waals surface area contributed by atoms with Crippen LogP contribution in [-0.2, 0) is 0 Å². The molecule has 0 saturated heterocycles. The van der Waals surface area contributed by atoms with E-state index in [0.717, 1.165) is 43.8 Å². The zero-order chi connectivity index (χ0) is 45.5. The predicted octanol–water partition coefficient (Wildman–Crippen LogP) is 13.6. The Kier molecular flexibility index (Phi) is 5.87. The van der Waals surface area contributed by atoms with E-state index in [1.807, 2.05) is 72.8 Å². The lowest BCUT2D eigenvalue weighted by atomic mass is 9.94. The molecule has 0 unspecified atom stereocenters. The highest BCUT2D eigenvalue weighted by atomic mass is 15.0. The Hall–Kier alpha value is -7.69. The molecular formula is C53H34N4. The van der Waals surface area contributed by atoms with Crippen LogP contribution in [0.2, 0.25) is 0 Å². The van der Waals surface area contributed by atoms with E-state index in [4.69, 9.17) is 27.3 Å². The summed E-state index contributed by atoms with van der Waals surface area (Å²) < 4.78 is 80.0. The van der Waals surface area contributed by atoms with Crippen LogP contribution in [0.15, 0.2) is 206 Å². The molecule has 0 aliphatic carbocycles. The zero-order valence-electron chi connectivity index (χ0n) is 39.2. The van der Waals surface area contributed by atoms with Crippen molar-refractivity contribution in [1.29, 1.82) is 0 Å². The Bertz CT molecular complexity index is 3790. The minimum absolute atomic E-state index is 0.0660. The summed E-state index contributed by atoms with van der Waals surface area (Å²) in [6, 6.07) is 45.5. The van der Waals surface area contributed by atoms with Gasteiger partial charge in [-0.15, -0.1) is 0 Å². The molecule has 2 heterocycles. The summed E-state index contributed by atoms with van der Waals surface area (Å²) in [5.74, 6) is 1.39. The molecule has 2 aromatic heterocycles. The van der Waals surface area contributed by atoms with E-state index < -0.39 is 42.3 Å². The number of rotatable bonds is 6.